The van der Waals surface area contributed by atoms with Crippen molar-refractivity contribution in [2.24, 2.45) is 0 Å². The Bertz CT molecular complexity index is 915. The van der Waals surface area contributed by atoms with E-state index in [1.165, 1.54) is 21.8 Å². The molecule has 0 radical (unpaired) electrons. The summed E-state index contributed by atoms with van der Waals surface area (Å²) in [6, 6.07) is 14.3. The molecule has 2 aromatic carbocycles. The first-order valence-electron chi connectivity index (χ1n) is 9.72. The van der Waals surface area contributed by atoms with Gasteiger partial charge < -0.3 is 5.32 Å². The summed E-state index contributed by atoms with van der Waals surface area (Å²) in [6.45, 7) is 4.17. The highest BCUT2D eigenvalue weighted by atomic mass is 32.1. The zero-order valence-electron chi connectivity index (χ0n) is 15.9. The molecule has 2 heterocycles. The topological polar surface area (TPSA) is 45.2 Å². The van der Waals surface area contributed by atoms with Crippen LogP contribution >= 0.6 is 11.3 Å². The molecule has 3 aromatic rings. The lowest BCUT2D eigenvalue weighted by atomic mass is 9.96. The summed E-state index contributed by atoms with van der Waals surface area (Å²) in [4.78, 5) is 19.6. The molecule has 0 saturated carbocycles. The van der Waals surface area contributed by atoms with Gasteiger partial charge in [-0.1, -0.05) is 24.3 Å². The third kappa shape index (κ3) is 4.23. The Morgan fingerprint density at radius 2 is 1.93 bits per heavy atom. The largest absolute Gasteiger partial charge is 0.351 e. The zero-order chi connectivity index (χ0) is 19.5. The number of hydrogen-bond donors (Lipinski definition) is 1. The predicted octanol–water partition coefficient (Wildman–Crippen LogP) is 4.32. The second-order valence-electron chi connectivity index (χ2n) is 7.35. The Morgan fingerprint density at radius 1 is 1.21 bits per heavy atom. The number of benzene rings is 2. The van der Waals surface area contributed by atoms with Gasteiger partial charge in [-0.15, -0.1) is 11.3 Å². The van der Waals surface area contributed by atoms with E-state index >= 15 is 0 Å². The van der Waals surface area contributed by atoms with Gasteiger partial charge in [-0.2, -0.15) is 0 Å². The van der Waals surface area contributed by atoms with Crippen molar-refractivity contribution < 1.29 is 9.18 Å². The van der Waals surface area contributed by atoms with E-state index in [1.54, 1.807) is 23.5 Å². The molecular weight excluding hydrogens is 373 g/mol. The van der Waals surface area contributed by atoms with Gasteiger partial charge in [0.1, 0.15) is 5.82 Å². The third-order valence-corrected chi connectivity index (χ3v) is 6.70. The molecule has 1 aromatic heterocycles. The number of likely N-dealkylation sites (tertiary alicyclic amines) is 1. The molecule has 28 heavy (non-hydrogen) atoms. The average Bonchev–Trinajstić information content (AvgIpc) is 3.17. The van der Waals surface area contributed by atoms with Crippen LogP contribution in [0.25, 0.3) is 10.2 Å². The van der Waals surface area contributed by atoms with Gasteiger partial charge in [0.05, 0.1) is 21.3 Å². The molecule has 4 nitrogen and oxygen atoms in total. The third-order valence-electron chi connectivity index (χ3n) is 5.50. The molecule has 1 aliphatic heterocycles. The van der Waals surface area contributed by atoms with E-state index < -0.39 is 0 Å². The lowest BCUT2D eigenvalue weighted by molar-refractivity contribution is -0.126. The minimum atomic E-state index is -0.264. The molecule has 1 fully saturated rings. The second kappa shape index (κ2) is 8.37. The number of amides is 1. The predicted molar refractivity (Wildman–Crippen MR) is 111 cm³/mol. The van der Waals surface area contributed by atoms with Crippen molar-refractivity contribution in [3.8, 4) is 0 Å². The highest BCUT2D eigenvalue weighted by Gasteiger charge is 2.28. The molecule has 1 aliphatic rings. The number of carbonyl (C=O) groups is 1. The molecule has 6 heteroatoms. The van der Waals surface area contributed by atoms with Crippen LogP contribution in [0.4, 0.5) is 4.39 Å². The van der Waals surface area contributed by atoms with Gasteiger partial charge in [-0.3, -0.25) is 9.69 Å². The molecule has 1 saturated heterocycles. The molecule has 0 spiro atoms. The molecule has 1 N–H and O–H groups in total. The summed E-state index contributed by atoms with van der Waals surface area (Å²) in [5, 5.41) is 4.18. The number of para-hydroxylation sites is 1. The summed E-state index contributed by atoms with van der Waals surface area (Å²) in [5.74, 6) is 0.227. The first-order chi connectivity index (χ1) is 13.6. The van der Waals surface area contributed by atoms with Crippen LogP contribution in [0.2, 0.25) is 0 Å². The van der Waals surface area contributed by atoms with Crippen molar-refractivity contribution >= 4 is 27.5 Å². The Kier molecular flexibility index (Phi) is 5.69. The molecule has 1 unspecified atom stereocenters. The van der Waals surface area contributed by atoms with Crippen LogP contribution in [0.15, 0.2) is 48.5 Å². The first kappa shape index (κ1) is 19.0. The highest BCUT2D eigenvalue weighted by Crippen LogP contribution is 2.34. The Morgan fingerprint density at radius 3 is 2.64 bits per heavy atom. The van der Waals surface area contributed by atoms with Crippen molar-refractivity contribution in [2.75, 3.05) is 13.1 Å². The number of carbonyl (C=O) groups excluding carboxylic acids is 1. The van der Waals surface area contributed by atoms with E-state index in [-0.39, 0.29) is 17.8 Å². The van der Waals surface area contributed by atoms with Crippen LogP contribution in [0, 0.1) is 5.82 Å². The fourth-order valence-electron chi connectivity index (χ4n) is 3.70. The SMILES string of the molecule is CC(C(=O)NCc1ccc(F)cc1)N1CCC(c2nc3ccccc3s2)CC1. The van der Waals surface area contributed by atoms with Crippen molar-refractivity contribution in [3.63, 3.8) is 0 Å². The van der Waals surface area contributed by atoms with Gasteiger partial charge in [0.15, 0.2) is 0 Å². The number of fused-ring (bicyclic) bond motifs is 1. The van der Waals surface area contributed by atoms with E-state index in [0.29, 0.717) is 12.5 Å². The van der Waals surface area contributed by atoms with Gasteiger partial charge in [0.2, 0.25) is 5.91 Å². The van der Waals surface area contributed by atoms with E-state index in [2.05, 4.69) is 28.4 Å². The van der Waals surface area contributed by atoms with Crippen molar-refractivity contribution in [1.29, 1.82) is 0 Å². The first-order valence-corrected chi connectivity index (χ1v) is 10.5. The van der Waals surface area contributed by atoms with E-state index in [0.717, 1.165) is 37.0 Å². The maximum absolute atomic E-state index is 13.0. The van der Waals surface area contributed by atoms with Crippen LogP contribution in [0.1, 0.15) is 36.3 Å². The summed E-state index contributed by atoms with van der Waals surface area (Å²) in [5.41, 5.74) is 1.98. The Hall–Kier alpha value is -2.31. The lowest BCUT2D eigenvalue weighted by Gasteiger charge is -2.34. The van der Waals surface area contributed by atoms with Crippen molar-refractivity contribution in [2.45, 2.75) is 38.3 Å². The maximum Gasteiger partial charge on any atom is 0.237 e. The van der Waals surface area contributed by atoms with Crippen LogP contribution in [-0.4, -0.2) is 34.9 Å². The summed E-state index contributed by atoms with van der Waals surface area (Å²) in [7, 11) is 0. The van der Waals surface area contributed by atoms with Gasteiger partial charge in [-0.25, -0.2) is 9.37 Å². The van der Waals surface area contributed by atoms with Crippen molar-refractivity contribution in [1.82, 2.24) is 15.2 Å². The fourth-order valence-corrected chi connectivity index (χ4v) is 4.84. The van der Waals surface area contributed by atoms with E-state index in [9.17, 15) is 9.18 Å². The van der Waals surface area contributed by atoms with Gasteiger partial charge in [0.25, 0.3) is 0 Å². The minimum absolute atomic E-state index is 0.0164. The molecule has 1 atom stereocenters. The number of nitrogens with zero attached hydrogens (tertiary/aromatic N) is 2. The summed E-state index contributed by atoms with van der Waals surface area (Å²) in [6.07, 6.45) is 2.05. The molecule has 146 valence electrons. The van der Waals surface area contributed by atoms with Crippen LogP contribution in [0.3, 0.4) is 0 Å². The molecule has 4 rings (SSSR count). The smallest absolute Gasteiger partial charge is 0.237 e. The zero-order valence-corrected chi connectivity index (χ0v) is 16.7. The van der Waals surface area contributed by atoms with Crippen LogP contribution in [-0.2, 0) is 11.3 Å². The number of halogens is 1. The van der Waals surface area contributed by atoms with E-state index in [1.807, 2.05) is 13.0 Å². The average molecular weight is 398 g/mol. The van der Waals surface area contributed by atoms with Crippen LogP contribution < -0.4 is 5.32 Å². The van der Waals surface area contributed by atoms with Crippen molar-refractivity contribution in [3.05, 3.63) is 64.9 Å². The van der Waals surface area contributed by atoms with Crippen LogP contribution in [0.5, 0.6) is 0 Å². The number of nitrogens with one attached hydrogen (secondary N) is 1. The van der Waals surface area contributed by atoms with Gasteiger partial charge in [0, 0.05) is 12.5 Å². The number of rotatable bonds is 5. The lowest BCUT2D eigenvalue weighted by Crippen LogP contribution is -2.47. The second-order valence-corrected chi connectivity index (χ2v) is 8.41. The maximum atomic E-state index is 13.0. The highest BCUT2D eigenvalue weighted by molar-refractivity contribution is 7.18. The Balaban J connectivity index is 1.29. The van der Waals surface area contributed by atoms with E-state index in [4.69, 9.17) is 4.98 Å². The quantitative estimate of drug-likeness (QED) is 0.697. The summed E-state index contributed by atoms with van der Waals surface area (Å²) >= 11 is 1.79. The molecular formula is C22H24FN3OS. The summed E-state index contributed by atoms with van der Waals surface area (Å²) < 4.78 is 14.2. The standard InChI is InChI=1S/C22H24FN3OS/c1-15(21(27)24-14-16-6-8-18(23)9-7-16)26-12-10-17(11-13-26)22-25-19-4-2-3-5-20(19)28-22/h2-9,15,17H,10-14H2,1H3,(H,24,27). The number of aromatic nitrogens is 1. The normalized spacial score (nSPS) is 16.9. The Labute approximate surface area is 168 Å². The number of piperidine rings is 1. The van der Waals surface area contributed by atoms with Gasteiger partial charge in [-0.05, 0) is 62.7 Å². The number of thiazole rings is 1. The minimum Gasteiger partial charge on any atom is -0.351 e. The molecule has 0 bridgehead atoms. The molecule has 1 amide bonds. The fraction of sp³-hybridized carbons (Fsp3) is 0.364. The van der Waals surface area contributed by atoms with Gasteiger partial charge >= 0.3 is 0 Å². The number of hydrogen-bond acceptors (Lipinski definition) is 4. The monoisotopic (exact) mass is 397 g/mol. The molecule has 0 aliphatic carbocycles.